The Kier molecular flexibility index (Phi) is 7.33. The second kappa shape index (κ2) is 10.6. The number of hydrogen-bond donors (Lipinski definition) is 0. The SMILES string of the molecule is CCCN1CC(Oc2ccc([C@H]3c4ccc(OC(=O)C(F)(F)F)cc4OC(C)(C)[C@@H]3c3ccccc3)cc2)C1. The Morgan fingerprint density at radius 1 is 0.974 bits per heavy atom. The van der Waals surface area contributed by atoms with Crippen molar-refractivity contribution in [1.29, 1.82) is 0 Å². The molecule has 0 spiro atoms. The maximum absolute atomic E-state index is 12.8. The van der Waals surface area contributed by atoms with Crippen molar-refractivity contribution in [3.63, 3.8) is 0 Å². The molecule has 2 aliphatic rings. The van der Waals surface area contributed by atoms with Gasteiger partial charge in [0.2, 0.25) is 0 Å². The number of likely N-dealkylation sites (tertiary alicyclic amines) is 1. The molecule has 2 heterocycles. The molecule has 5 nitrogen and oxygen atoms in total. The van der Waals surface area contributed by atoms with Gasteiger partial charge >= 0.3 is 12.1 Å². The van der Waals surface area contributed by atoms with Crippen molar-refractivity contribution in [2.24, 2.45) is 0 Å². The number of esters is 1. The summed E-state index contributed by atoms with van der Waals surface area (Å²) in [4.78, 5) is 13.8. The standard InChI is InChI=1S/C31H32F3NO4/c1-4-16-35-18-24(19-35)37-22-12-10-20(11-13-22)27-25-15-14-23(38-29(36)31(32,33)34)17-26(25)39-30(2,3)28(27)21-8-6-5-7-9-21/h5-15,17,24,27-28H,4,16,18-19H2,1-3H3/t27-,28+/m0/s1. The van der Waals surface area contributed by atoms with Crippen molar-refractivity contribution in [2.45, 2.75) is 56.9 Å². The number of halogens is 3. The molecular formula is C31H32F3NO4. The van der Waals surface area contributed by atoms with Gasteiger partial charge in [-0.1, -0.05) is 55.5 Å². The van der Waals surface area contributed by atoms with Crippen molar-refractivity contribution in [3.8, 4) is 17.2 Å². The second-order valence-corrected chi connectivity index (χ2v) is 10.7. The Bertz CT molecular complexity index is 1300. The van der Waals surface area contributed by atoms with Gasteiger partial charge in [0.25, 0.3) is 0 Å². The third-order valence-corrected chi connectivity index (χ3v) is 7.38. The highest BCUT2D eigenvalue weighted by atomic mass is 19.4. The van der Waals surface area contributed by atoms with E-state index in [2.05, 4.69) is 28.7 Å². The number of nitrogens with zero attached hydrogens (tertiary/aromatic N) is 1. The fourth-order valence-corrected chi connectivity index (χ4v) is 5.68. The van der Waals surface area contributed by atoms with Gasteiger partial charge in [-0.25, -0.2) is 4.79 Å². The van der Waals surface area contributed by atoms with Gasteiger partial charge in [-0.3, -0.25) is 4.90 Å². The van der Waals surface area contributed by atoms with Gasteiger partial charge in [-0.05, 0) is 56.1 Å². The summed E-state index contributed by atoms with van der Waals surface area (Å²) in [6.45, 7) is 9.02. The fraction of sp³-hybridized carbons (Fsp3) is 0.387. The molecule has 0 N–H and O–H groups in total. The third-order valence-electron chi connectivity index (χ3n) is 7.38. The molecule has 0 radical (unpaired) electrons. The first-order chi connectivity index (χ1) is 18.5. The summed E-state index contributed by atoms with van der Waals surface area (Å²) in [5, 5.41) is 0. The van der Waals surface area contributed by atoms with Crippen molar-refractivity contribution in [2.75, 3.05) is 19.6 Å². The van der Waals surface area contributed by atoms with Crippen LogP contribution in [0.25, 0.3) is 0 Å². The van der Waals surface area contributed by atoms with Crippen LogP contribution in [0.4, 0.5) is 13.2 Å². The minimum absolute atomic E-state index is 0.101. The molecule has 2 atom stereocenters. The first-order valence-corrected chi connectivity index (χ1v) is 13.2. The smallest absolute Gasteiger partial charge is 0.488 e. The normalized spacial score (nSPS) is 20.9. The van der Waals surface area contributed by atoms with Crippen LogP contribution in [0, 0.1) is 0 Å². The highest BCUT2D eigenvalue weighted by Gasteiger charge is 2.46. The van der Waals surface area contributed by atoms with E-state index in [9.17, 15) is 18.0 Å². The van der Waals surface area contributed by atoms with Gasteiger partial charge in [-0.15, -0.1) is 0 Å². The van der Waals surface area contributed by atoms with E-state index in [0.29, 0.717) is 5.75 Å². The Balaban J connectivity index is 1.48. The van der Waals surface area contributed by atoms with E-state index in [1.54, 1.807) is 6.07 Å². The lowest BCUT2D eigenvalue weighted by atomic mass is 9.68. The molecule has 206 valence electrons. The van der Waals surface area contributed by atoms with Gasteiger partial charge in [0, 0.05) is 36.6 Å². The monoisotopic (exact) mass is 539 g/mol. The predicted octanol–water partition coefficient (Wildman–Crippen LogP) is 6.71. The number of alkyl halides is 3. The lowest BCUT2D eigenvalue weighted by molar-refractivity contribution is -0.189. The molecule has 0 aromatic heterocycles. The van der Waals surface area contributed by atoms with Gasteiger partial charge < -0.3 is 14.2 Å². The van der Waals surface area contributed by atoms with Crippen LogP contribution in [-0.2, 0) is 4.79 Å². The molecule has 0 bridgehead atoms. The summed E-state index contributed by atoms with van der Waals surface area (Å²) in [5.74, 6) is -1.57. The molecule has 1 fully saturated rings. The molecular weight excluding hydrogens is 507 g/mol. The van der Waals surface area contributed by atoms with Crippen LogP contribution in [0.3, 0.4) is 0 Å². The Morgan fingerprint density at radius 2 is 1.64 bits per heavy atom. The summed E-state index contributed by atoms with van der Waals surface area (Å²) in [6.07, 6.45) is -3.78. The quantitative estimate of drug-likeness (QED) is 0.247. The molecule has 5 rings (SSSR count). The summed E-state index contributed by atoms with van der Waals surface area (Å²) >= 11 is 0. The van der Waals surface area contributed by atoms with Gasteiger partial charge in [-0.2, -0.15) is 13.2 Å². The number of carbonyl (C=O) groups is 1. The molecule has 39 heavy (non-hydrogen) atoms. The van der Waals surface area contributed by atoms with Gasteiger partial charge in [0.1, 0.15) is 29.0 Å². The summed E-state index contributed by atoms with van der Waals surface area (Å²) in [7, 11) is 0. The molecule has 0 amide bonds. The molecule has 8 heteroatoms. The molecule has 3 aromatic rings. The van der Waals surface area contributed by atoms with Gasteiger partial charge in [0.15, 0.2) is 0 Å². The number of hydrogen-bond acceptors (Lipinski definition) is 5. The number of rotatable bonds is 7. The third kappa shape index (κ3) is 5.76. The minimum atomic E-state index is -5.09. The van der Waals surface area contributed by atoms with Crippen molar-refractivity contribution in [1.82, 2.24) is 4.90 Å². The average molecular weight is 540 g/mol. The molecule has 2 aliphatic heterocycles. The lowest BCUT2D eigenvalue weighted by Gasteiger charge is -2.45. The topological polar surface area (TPSA) is 48.0 Å². The largest absolute Gasteiger partial charge is 0.491 e. The van der Waals surface area contributed by atoms with E-state index in [4.69, 9.17) is 9.47 Å². The fourth-order valence-electron chi connectivity index (χ4n) is 5.68. The Hall–Kier alpha value is -3.52. The molecule has 0 unspecified atom stereocenters. The van der Waals surface area contributed by atoms with Crippen LogP contribution in [0.1, 0.15) is 55.7 Å². The Morgan fingerprint density at radius 3 is 2.28 bits per heavy atom. The van der Waals surface area contributed by atoms with Crippen molar-refractivity contribution in [3.05, 3.63) is 89.5 Å². The summed E-state index contributed by atoms with van der Waals surface area (Å²) in [5.41, 5.74) is 2.18. The number of benzene rings is 3. The zero-order valence-electron chi connectivity index (χ0n) is 22.2. The minimum Gasteiger partial charge on any atom is -0.488 e. The van der Waals surface area contributed by atoms with Crippen LogP contribution in [0.15, 0.2) is 72.8 Å². The molecule has 0 aliphatic carbocycles. The maximum atomic E-state index is 12.8. The van der Waals surface area contributed by atoms with Crippen LogP contribution in [-0.4, -0.2) is 48.4 Å². The van der Waals surface area contributed by atoms with E-state index >= 15 is 0 Å². The van der Waals surface area contributed by atoms with E-state index in [0.717, 1.165) is 48.5 Å². The zero-order chi connectivity index (χ0) is 27.8. The van der Waals surface area contributed by atoms with Crippen molar-refractivity contribution >= 4 is 5.97 Å². The summed E-state index contributed by atoms with van der Waals surface area (Å²) in [6, 6.07) is 22.5. The van der Waals surface area contributed by atoms with E-state index in [-0.39, 0.29) is 23.7 Å². The van der Waals surface area contributed by atoms with Gasteiger partial charge in [0.05, 0.1) is 0 Å². The average Bonchev–Trinajstić information content (AvgIpc) is 2.86. The number of ether oxygens (including phenoxy) is 3. The Labute approximate surface area is 226 Å². The second-order valence-electron chi connectivity index (χ2n) is 10.7. The lowest BCUT2D eigenvalue weighted by Crippen LogP contribution is -2.53. The van der Waals surface area contributed by atoms with Crippen LogP contribution < -0.4 is 14.2 Å². The number of fused-ring (bicyclic) bond motifs is 1. The predicted molar refractivity (Wildman–Crippen MR) is 141 cm³/mol. The first kappa shape index (κ1) is 27.1. The molecule has 1 saturated heterocycles. The zero-order valence-corrected chi connectivity index (χ0v) is 22.2. The molecule has 0 saturated carbocycles. The van der Waals surface area contributed by atoms with Crippen molar-refractivity contribution < 1.29 is 32.2 Å². The van der Waals surface area contributed by atoms with Crippen LogP contribution in [0.5, 0.6) is 17.2 Å². The summed E-state index contributed by atoms with van der Waals surface area (Å²) < 4.78 is 55.5. The van der Waals surface area contributed by atoms with Crippen LogP contribution in [0.2, 0.25) is 0 Å². The molecule has 3 aromatic carbocycles. The highest BCUT2D eigenvalue weighted by Crippen LogP contribution is 2.53. The van der Waals surface area contributed by atoms with E-state index in [1.165, 1.54) is 12.1 Å². The van der Waals surface area contributed by atoms with Crippen LogP contribution >= 0.6 is 0 Å². The highest BCUT2D eigenvalue weighted by molar-refractivity contribution is 5.78. The first-order valence-electron chi connectivity index (χ1n) is 13.2. The van der Waals surface area contributed by atoms with E-state index < -0.39 is 17.7 Å². The van der Waals surface area contributed by atoms with E-state index in [1.807, 2.05) is 56.3 Å². The maximum Gasteiger partial charge on any atom is 0.491 e. The number of carbonyl (C=O) groups excluding carboxylic acids is 1.